The Morgan fingerprint density at radius 3 is 2.33 bits per heavy atom. The van der Waals surface area contributed by atoms with Gasteiger partial charge in [-0.25, -0.2) is 0 Å². The maximum atomic E-state index is 7.13. The zero-order valence-corrected chi connectivity index (χ0v) is 22.2. The molecule has 2 aliphatic rings. The molecule has 2 fully saturated rings. The van der Waals surface area contributed by atoms with Crippen molar-refractivity contribution in [2.75, 3.05) is 18.1 Å². The molecule has 2 saturated heterocycles. The van der Waals surface area contributed by atoms with Gasteiger partial charge >= 0.3 is 0 Å². The second-order valence-electron chi connectivity index (χ2n) is 10.4. The minimum Gasteiger partial charge on any atom is -0.411 e. The summed E-state index contributed by atoms with van der Waals surface area (Å²) < 4.78 is 20.2. The lowest BCUT2D eigenvalue weighted by molar-refractivity contribution is -0.226. The third kappa shape index (κ3) is 6.76. The summed E-state index contributed by atoms with van der Waals surface area (Å²) in [7, 11) is -1.90. The molecule has 0 amide bonds. The van der Waals surface area contributed by atoms with Gasteiger partial charge in [-0.15, -0.1) is 23.5 Å². The number of hydrogen-bond donors (Lipinski definition) is 0. The van der Waals surface area contributed by atoms with Gasteiger partial charge in [0.05, 0.1) is 22.9 Å². The zero-order chi connectivity index (χ0) is 21.8. The first-order chi connectivity index (χ1) is 14.1. The van der Waals surface area contributed by atoms with Crippen LogP contribution in [0.15, 0.2) is 30.3 Å². The van der Waals surface area contributed by atoms with E-state index in [1.54, 1.807) is 0 Å². The Morgan fingerprint density at radius 2 is 1.70 bits per heavy atom. The average Bonchev–Trinajstić information content (AvgIpc) is 2.68. The molecule has 3 rings (SSSR count). The summed E-state index contributed by atoms with van der Waals surface area (Å²) in [5, 5.41) is 0.199. The minimum atomic E-state index is -1.90. The molecule has 0 N–H and O–H groups in total. The summed E-state index contributed by atoms with van der Waals surface area (Å²) >= 11 is 4.23. The van der Waals surface area contributed by atoms with Gasteiger partial charge in [-0.2, -0.15) is 0 Å². The van der Waals surface area contributed by atoms with Crippen LogP contribution in [0.4, 0.5) is 0 Å². The highest BCUT2D eigenvalue weighted by atomic mass is 32.2. The van der Waals surface area contributed by atoms with E-state index in [1.165, 1.54) is 17.9 Å². The predicted octanol–water partition coefficient (Wildman–Crippen LogP) is 7.25. The number of ether oxygens (including phenoxy) is 2. The fourth-order valence-electron chi connectivity index (χ4n) is 3.95. The van der Waals surface area contributed by atoms with Crippen LogP contribution in [0.3, 0.4) is 0 Å². The van der Waals surface area contributed by atoms with Gasteiger partial charge in [-0.05, 0) is 55.8 Å². The van der Waals surface area contributed by atoms with Crippen molar-refractivity contribution < 1.29 is 13.9 Å². The summed E-state index contributed by atoms with van der Waals surface area (Å²) in [6.45, 7) is 14.8. The van der Waals surface area contributed by atoms with E-state index in [2.05, 4.69) is 76.4 Å². The Hall–Kier alpha value is 0.0169. The lowest BCUT2D eigenvalue weighted by Crippen LogP contribution is -2.51. The molecule has 1 unspecified atom stereocenters. The monoisotopic (exact) mass is 468 g/mol. The van der Waals surface area contributed by atoms with Crippen molar-refractivity contribution in [3.05, 3.63) is 35.9 Å². The minimum absolute atomic E-state index is 0.164. The first-order valence-corrected chi connectivity index (χ1v) is 16.3. The Morgan fingerprint density at radius 1 is 1.03 bits per heavy atom. The lowest BCUT2D eigenvalue weighted by atomic mass is 9.93. The Balaban J connectivity index is 1.73. The third-order valence-electron chi connectivity index (χ3n) is 6.56. The number of benzene rings is 1. The van der Waals surface area contributed by atoms with Crippen LogP contribution in [0.25, 0.3) is 0 Å². The molecule has 0 saturated carbocycles. The molecule has 6 heteroatoms. The quantitative estimate of drug-likeness (QED) is 0.393. The van der Waals surface area contributed by atoms with Crippen molar-refractivity contribution in [2.24, 2.45) is 0 Å². The largest absolute Gasteiger partial charge is 0.411 e. The predicted molar refractivity (Wildman–Crippen MR) is 134 cm³/mol. The van der Waals surface area contributed by atoms with Crippen LogP contribution in [0.5, 0.6) is 0 Å². The second-order valence-corrected chi connectivity index (χ2v) is 18.0. The summed E-state index contributed by atoms with van der Waals surface area (Å²) in [5.74, 6) is 2.55. The van der Waals surface area contributed by atoms with Gasteiger partial charge in [-0.1, -0.05) is 51.1 Å². The van der Waals surface area contributed by atoms with Gasteiger partial charge < -0.3 is 13.9 Å². The highest BCUT2D eigenvalue weighted by Gasteiger charge is 2.45. The van der Waals surface area contributed by atoms with E-state index in [0.717, 1.165) is 31.4 Å². The fourth-order valence-corrected chi connectivity index (χ4v) is 8.89. The van der Waals surface area contributed by atoms with Crippen molar-refractivity contribution in [1.29, 1.82) is 0 Å². The molecule has 0 spiro atoms. The van der Waals surface area contributed by atoms with Crippen LogP contribution < -0.4 is 0 Å². The summed E-state index contributed by atoms with van der Waals surface area (Å²) in [6.07, 6.45) is 4.19. The summed E-state index contributed by atoms with van der Waals surface area (Å²) in [4.78, 5) is 0. The fraction of sp³-hybridized carbons (Fsp3) is 0.750. The normalized spacial score (nSPS) is 26.3. The van der Waals surface area contributed by atoms with Crippen LogP contribution in [0, 0.1) is 0 Å². The molecule has 0 aliphatic carbocycles. The smallest absolute Gasteiger partial charge is 0.192 e. The molecule has 1 aromatic carbocycles. The van der Waals surface area contributed by atoms with Crippen LogP contribution in [-0.2, 0) is 13.9 Å². The molecule has 170 valence electrons. The zero-order valence-electron chi connectivity index (χ0n) is 19.6. The molecular weight excluding hydrogens is 428 g/mol. The van der Waals surface area contributed by atoms with E-state index in [4.69, 9.17) is 13.9 Å². The van der Waals surface area contributed by atoms with Gasteiger partial charge in [0.25, 0.3) is 0 Å². The van der Waals surface area contributed by atoms with Crippen molar-refractivity contribution in [3.8, 4) is 0 Å². The van der Waals surface area contributed by atoms with E-state index in [9.17, 15) is 0 Å². The highest BCUT2D eigenvalue weighted by Crippen LogP contribution is 2.45. The van der Waals surface area contributed by atoms with Gasteiger partial charge in [0, 0.05) is 12.0 Å². The van der Waals surface area contributed by atoms with Crippen molar-refractivity contribution in [3.63, 3.8) is 0 Å². The number of rotatable bonds is 7. The van der Waals surface area contributed by atoms with E-state index >= 15 is 0 Å². The summed E-state index contributed by atoms with van der Waals surface area (Å²) in [5.41, 5.74) is 0.932. The van der Waals surface area contributed by atoms with Gasteiger partial charge in [0.15, 0.2) is 14.6 Å². The van der Waals surface area contributed by atoms with E-state index in [0.29, 0.717) is 4.58 Å². The first kappa shape index (κ1) is 24.7. The van der Waals surface area contributed by atoms with Gasteiger partial charge in [-0.3, -0.25) is 0 Å². The van der Waals surface area contributed by atoms with Crippen molar-refractivity contribution in [2.45, 2.75) is 94.1 Å². The lowest BCUT2D eigenvalue weighted by Gasteiger charge is -2.47. The Labute approximate surface area is 193 Å². The molecule has 0 radical (unpaired) electrons. The van der Waals surface area contributed by atoms with E-state index in [-0.39, 0.29) is 23.0 Å². The van der Waals surface area contributed by atoms with Crippen LogP contribution in [0.1, 0.15) is 65.2 Å². The van der Waals surface area contributed by atoms with Crippen molar-refractivity contribution >= 4 is 31.8 Å². The SMILES string of the molecule is CC(C)(C)[Si](C)(C)O[C@](C)(CC1SCCCS1)C[C@@H]1CCOC(c2ccccc2)O1. The van der Waals surface area contributed by atoms with E-state index in [1.807, 2.05) is 18.2 Å². The average molecular weight is 469 g/mol. The van der Waals surface area contributed by atoms with Gasteiger partial charge in [0.2, 0.25) is 0 Å². The molecule has 30 heavy (non-hydrogen) atoms. The standard InChI is InChI=1S/C24H40O3S2Si/c1-23(2,3)30(5,6)27-24(4,18-21-28-15-10-16-29-21)17-20-13-14-25-22(26-20)19-11-8-7-9-12-19/h7-9,11-12,20-22H,10,13-18H2,1-6H3/t20-,22?,24-/m0/s1. The molecule has 1 aromatic rings. The Kier molecular flexibility index (Phi) is 8.47. The van der Waals surface area contributed by atoms with Crippen LogP contribution in [-0.4, -0.2) is 42.7 Å². The molecule has 2 heterocycles. The van der Waals surface area contributed by atoms with E-state index < -0.39 is 8.32 Å². The molecule has 3 atom stereocenters. The highest BCUT2D eigenvalue weighted by molar-refractivity contribution is 8.17. The number of hydrogen-bond acceptors (Lipinski definition) is 5. The maximum absolute atomic E-state index is 7.13. The van der Waals surface area contributed by atoms with Crippen LogP contribution >= 0.6 is 23.5 Å². The van der Waals surface area contributed by atoms with Gasteiger partial charge in [0.1, 0.15) is 0 Å². The Bertz CT molecular complexity index is 658. The second kappa shape index (κ2) is 10.3. The third-order valence-corrected chi connectivity index (χ3v) is 14.1. The molecule has 0 bridgehead atoms. The number of thioether (sulfide) groups is 2. The maximum Gasteiger partial charge on any atom is 0.192 e. The molecule has 3 nitrogen and oxygen atoms in total. The molecule has 2 aliphatic heterocycles. The van der Waals surface area contributed by atoms with Crippen molar-refractivity contribution in [1.82, 2.24) is 0 Å². The summed E-state index contributed by atoms with van der Waals surface area (Å²) in [6, 6.07) is 10.3. The molecular formula is C24H40O3S2Si. The van der Waals surface area contributed by atoms with Crippen LogP contribution in [0.2, 0.25) is 18.1 Å². The topological polar surface area (TPSA) is 27.7 Å². The first-order valence-electron chi connectivity index (χ1n) is 11.3. The molecule has 0 aromatic heterocycles.